The monoisotopic (exact) mass is 406 g/mol. The second-order valence-corrected chi connectivity index (χ2v) is 7.44. The van der Waals surface area contributed by atoms with Crippen LogP contribution in [0.15, 0.2) is 57.9 Å². The molecule has 0 bridgehead atoms. The average molecular weight is 407 g/mol. The van der Waals surface area contributed by atoms with Crippen molar-refractivity contribution in [3.8, 4) is 17.2 Å². The first-order valence-electron chi connectivity index (χ1n) is 8.37. The molecular weight excluding hydrogens is 388 g/mol. The topological polar surface area (TPSA) is 45.8 Å². The maximum absolute atomic E-state index is 12.8. The highest BCUT2D eigenvalue weighted by Gasteiger charge is 2.14. The molecule has 0 radical (unpaired) electrons. The van der Waals surface area contributed by atoms with Gasteiger partial charge in [-0.1, -0.05) is 51.8 Å². The van der Waals surface area contributed by atoms with Crippen LogP contribution in [0.1, 0.15) is 27.8 Å². The minimum atomic E-state index is -0.245. The molecule has 0 unspecified atom stereocenters. The predicted molar refractivity (Wildman–Crippen MR) is 108 cm³/mol. The molecule has 130 valence electrons. The summed E-state index contributed by atoms with van der Waals surface area (Å²) in [5, 5.41) is 9.53. The van der Waals surface area contributed by atoms with Crippen LogP contribution in [0, 0.1) is 32.1 Å². The zero-order valence-electron chi connectivity index (χ0n) is 15.0. The van der Waals surface area contributed by atoms with Crippen LogP contribution in [0.2, 0.25) is 0 Å². The van der Waals surface area contributed by atoms with Crippen LogP contribution in [0.4, 0.5) is 0 Å². The van der Waals surface area contributed by atoms with Crippen molar-refractivity contribution in [3.63, 3.8) is 0 Å². The van der Waals surface area contributed by atoms with E-state index in [9.17, 15) is 10.1 Å². The number of aryl methyl sites for hydroxylation is 2. The lowest BCUT2D eigenvalue weighted by molar-refractivity contribution is 0.751. The highest BCUT2D eigenvalue weighted by atomic mass is 79.9. The molecule has 3 rings (SSSR count). The van der Waals surface area contributed by atoms with Crippen LogP contribution in [-0.2, 0) is 6.54 Å². The predicted octanol–water partition coefficient (Wildman–Crippen LogP) is 5.12. The molecule has 2 aromatic carbocycles. The zero-order chi connectivity index (χ0) is 18.8. The summed E-state index contributed by atoms with van der Waals surface area (Å²) in [4.78, 5) is 12.8. The minimum Gasteiger partial charge on any atom is -0.309 e. The molecule has 3 nitrogen and oxygen atoms in total. The standard InChI is InChI=1S/C22H19BrN2O/c1-14-4-5-18(15(2)10-14)12-25-13-21(16(3)20(11-24)22(25)26)17-6-8-19(23)9-7-17/h4-10,13H,12H2,1-3H3. The largest absolute Gasteiger partial charge is 0.309 e. The molecule has 0 aliphatic rings. The van der Waals surface area contributed by atoms with E-state index in [2.05, 4.69) is 28.1 Å². The van der Waals surface area contributed by atoms with Crippen molar-refractivity contribution in [1.29, 1.82) is 5.26 Å². The van der Waals surface area contributed by atoms with Gasteiger partial charge in [-0.25, -0.2) is 0 Å². The Hall–Kier alpha value is -2.64. The maximum atomic E-state index is 12.8. The third-order valence-corrected chi connectivity index (χ3v) is 5.17. The van der Waals surface area contributed by atoms with Gasteiger partial charge in [0, 0.05) is 16.2 Å². The summed E-state index contributed by atoms with van der Waals surface area (Å²) in [5.41, 5.74) is 5.97. The summed E-state index contributed by atoms with van der Waals surface area (Å²) < 4.78 is 2.63. The minimum absolute atomic E-state index is 0.204. The first-order chi connectivity index (χ1) is 12.4. The number of rotatable bonds is 3. The van der Waals surface area contributed by atoms with Gasteiger partial charge >= 0.3 is 0 Å². The van der Waals surface area contributed by atoms with Crippen LogP contribution in [0.3, 0.4) is 0 Å². The fourth-order valence-electron chi connectivity index (χ4n) is 3.13. The Kier molecular flexibility index (Phi) is 5.11. The lowest BCUT2D eigenvalue weighted by atomic mass is 9.99. The highest BCUT2D eigenvalue weighted by molar-refractivity contribution is 9.10. The molecule has 0 aliphatic heterocycles. The van der Waals surface area contributed by atoms with E-state index in [4.69, 9.17) is 0 Å². The quantitative estimate of drug-likeness (QED) is 0.605. The Morgan fingerprint density at radius 2 is 1.77 bits per heavy atom. The molecular formula is C22H19BrN2O. The van der Waals surface area contributed by atoms with E-state index >= 15 is 0 Å². The Labute approximate surface area is 161 Å². The first-order valence-corrected chi connectivity index (χ1v) is 9.16. The molecule has 26 heavy (non-hydrogen) atoms. The van der Waals surface area contributed by atoms with Gasteiger partial charge in [-0.15, -0.1) is 0 Å². The van der Waals surface area contributed by atoms with Gasteiger partial charge in [0.05, 0.1) is 6.54 Å². The number of pyridine rings is 1. The van der Waals surface area contributed by atoms with Crippen molar-refractivity contribution in [2.45, 2.75) is 27.3 Å². The summed E-state index contributed by atoms with van der Waals surface area (Å²) >= 11 is 3.44. The molecule has 0 saturated carbocycles. The Bertz CT molecular complexity index is 1070. The van der Waals surface area contributed by atoms with E-state index in [-0.39, 0.29) is 11.1 Å². The average Bonchev–Trinajstić information content (AvgIpc) is 2.61. The van der Waals surface area contributed by atoms with Crippen molar-refractivity contribution in [2.75, 3.05) is 0 Å². The van der Waals surface area contributed by atoms with Crippen LogP contribution < -0.4 is 5.56 Å². The van der Waals surface area contributed by atoms with Gasteiger partial charge in [-0.05, 0) is 55.2 Å². The van der Waals surface area contributed by atoms with E-state index in [1.807, 2.05) is 63.4 Å². The van der Waals surface area contributed by atoms with Crippen molar-refractivity contribution in [2.24, 2.45) is 0 Å². The number of benzene rings is 2. The van der Waals surface area contributed by atoms with Crippen LogP contribution in [-0.4, -0.2) is 4.57 Å². The van der Waals surface area contributed by atoms with Crippen LogP contribution >= 0.6 is 15.9 Å². The van der Waals surface area contributed by atoms with E-state index in [1.54, 1.807) is 4.57 Å². The number of aromatic nitrogens is 1. The summed E-state index contributed by atoms with van der Waals surface area (Å²) in [6.07, 6.45) is 1.86. The van der Waals surface area contributed by atoms with Crippen molar-refractivity contribution < 1.29 is 0 Å². The van der Waals surface area contributed by atoms with E-state index in [1.165, 1.54) is 5.56 Å². The summed E-state index contributed by atoms with van der Waals surface area (Å²) in [5.74, 6) is 0. The van der Waals surface area contributed by atoms with Crippen molar-refractivity contribution in [1.82, 2.24) is 4.57 Å². The van der Waals surface area contributed by atoms with Gasteiger partial charge in [-0.3, -0.25) is 4.79 Å². The summed E-state index contributed by atoms with van der Waals surface area (Å²) in [6, 6.07) is 16.2. The lowest BCUT2D eigenvalue weighted by Crippen LogP contribution is -2.24. The Morgan fingerprint density at radius 3 is 2.38 bits per heavy atom. The highest BCUT2D eigenvalue weighted by Crippen LogP contribution is 2.26. The Balaban J connectivity index is 2.16. The van der Waals surface area contributed by atoms with E-state index in [0.717, 1.165) is 32.3 Å². The SMILES string of the molecule is Cc1ccc(Cn2cc(-c3ccc(Br)cc3)c(C)c(C#N)c2=O)c(C)c1. The lowest BCUT2D eigenvalue weighted by Gasteiger charge is -2.15. The van der Waals surface area contributed by atoms with Gasteiger partial charge in [0.1, 0.15) is 11.6 Å². The van der Waals surface area contributed by atoms with Crippen LogP contribution in [0.25, 0.3) is 11.1 Å². The van der Waals surface area contributed by atoms with Gasteiger partial charge in [-0.2, -0.15) is 5.26 Å². The molecule has 0 amide bonds. The fraction of sp³-hybridized carbons (Fsp3) is 0.182. The number of halogens is 1. The first kappa shape index (κ1) is 18.2. The van der Waals surface area contributed by atoms with Crippen molar-refractivity contribution >= 4 is 15.9 Å². The molecule has 1 aromatic heterocycles. The molecule has 3 aromatic rings. The molecule has 0 saturated heterocycles. The normalized spacial score (nSPS) is 10.6. The van der Waals surface area contributed by atoms with Gasteiger partial charge in [0.15, 0.2) is 0 Å². The van der Waals surface area contributed by atoms with Gasteiger partial charge < -0.3 is 4.57 Å². The third kappa shape index (κ3) is 3.49. The molecule has 0 spiro atoms. The molecule has 0 fully saturated rings. The molecule has 1 heterocycles. The Morgan fingerprint density at radius 1 is 1.08 bits per heavy atom. The van der Waals surface area contributed by atoms with E-state index < -0.39 is 0 Å². The molecule has 0 N–H and O–H groups in total. The van der Waals surface area contributed by atoms with Gasteiger partial charge in [0.2, 0.25) is 0 Å². The molecule has 4 heteroatoms. The zero-order valence-corrected chi connectivity index (χ0v) is 16.6. The smallest absolute Gasteiger partial charge is 0.269 e. The summed E-state index contributed by atoms with van der Waals surface area (Å²) in [7, 11) is 0. The van der Waals surface area contributed by atoms with Crippen molar-refractivity contribution in [3.05, 3.63) is 91.3 Å². The van der Waals surface area contributed by atoms with Gasteiger partial charge in [0.25, 0.3) is 5.56 Å². The molecule has 0 aliphatic carbocycles. The number of hydrogen-bond donors (Lipinski definition) is 0. The fourth-order valence-corrected chi connectivity index (χ4v) is 3.39. The number of hydrogen-bond acceptors (Lipinski definition) is 2. The van der Waals surface area contributed by atoms with Crippen LogP contribution in [0.5, 0.6) is 0 Å². The summed E-state index contributed by atoms with van der Waals surface area (Å²) in [6.45, 7) is 6.37. The number of nitriles is 1. The number of nitrogens with zero attached hydrogens (tertiary/aromatic N) is 2. The second kappa shape index (κ2) is 7.31. The van der Waals surface area contributed by atoms with E-state index in [0.29, 0.717) is 6.54 Å². The maximum Gasteiger partial charge on any atom is 0.269 e. The molecule has 0 atom stereocenters. The second-order valence-electron chi connectivity index (χ2n) is 6.52. The third-order valence-electron chi connectivity index (χ3n) is 4.64.